The lowest BCUT2D eigenvalue weighted by Gasteiger charge is -2.30. The van der Waals surface area contributed by atoms with E-state index in [1.165, 1.54) is 5.56 Å². The van der Waals surface area contributed by atoms with Crippen LogP contribution in [-0.4, -0.2) is 48.8 Å². The van der Waals surface area contributed by atoms with E-state index in [0.29, 0.717) is 44.0 Å². The molecule has 2 amide bonds. The molecule has 2 N–H and O–H groups in total. The summed E-state index contributed by atoms with van der Waals surface area (Å²) in [5.74, 6) is 0.272. The Labute approximate surface area is 170 Å². The van der Waals surface area contributed by atoms with Crippen molar-refractivity contribution in [3.05, 3.63) is 54.1 Å². The maximum absolute atomic E-state index is 12.4. The van der Waals surface area contributed by atoms with Crippen molar-refractivity contribution >= 4 is 17.7 Å². The number of methoxy groups -OCH3 is 1. The van der Waals surface area contributed by atoms with Gasteiger partial charge in [-0.25, -0.2) is 4.79 Å². The molecule has 2 aromatic carbocycles. The summed E-state index contributed by atoms with van der Waals surface area (Å²) in [6, 6.07) is 14.8. The molecular formula is C22H26N2O5. The second-order valence-corrected chi connectivity index (χ2v) is 7.04. The third-order valence-corrected chi connectivity index (χ3v) is 4.99. The number of rotatable bonds is 7. The van der Waals surface area contributed by atoms with Crippen LogP contribution in [0.4, 0.5) is 10.5 Å². The molecule has 0 unspecified atom stereocenters. The SMILES string of the molecule is COCCc1ccc(Oc2ccc(NC(=O)N3CCC(C(=O)O)CC3)cc2)cc1. The molecule has 0 aromatic heterocycles. The number of carboxylic acid groups (broad SMARTS) is 1. The minimum atomic E-state index is -0.787. The van der Waals surface area contributed by atoms with Crippen molar-refractivity contribution in [1.82, 2.24) is 4.90 Å². The summed E-state index contributed by atoms with van der Waals surface area (Å²) in [4.78, 5) is 25.0. The molecule has 1 heterocycles. The van der Waals surface area contributed by atoms with Crippen LogP contribution in [0.25, 0.3) is 0 Å². The van der Waals surface area contributed by atoms with Gasteiger partial charge in [-0.1, -0.05) is 12.1 Å². The van der Waals surface area contributed by atoms with Gasteiger partial charge in [-0.15, -0.1) is 0 Å². The lowest BCUT2D eigenvalue weighted by molar-refractivity contribution is -0.143. The molecule has 29 heavy (non-hydrogen) atoms. The molecule has 1 aliphatic heterocycles. The van der Waals surface area contributed by atoms with Crippen molar-refractivity contribution < 1.29 is 24.2 Å². The number of amides is 2. The first-order chi connectivity index (χ1) is 14.0. The number of hydrogen-bond acceptors (Lipinski definition) is 4. The van der Waals surface area contributed by atoms with Gasteiger partial charge in [0, 0.05) is 25.9 Å². The maximum Gasteiger partial charge on any atom is 0.321 e. The normalized spacial score (nSPS) is 14.4. The number of nitrogens with one attached hydrogen (secondary N) is 1. The first-order valence-corrected chi connectivity index (χ1v) is 9.69. The molecule has 0 saturated carbocycles. The van der Waals surface area contributed by atoms with Gasteiger partial charge in [0.2, 0.25) is 0 Å². The van der Waals surface area contributed by atoms with Crippen molar-refractivity contribution in [3.8, 4) is 11.5 Å². The van der Waals surface area contributed by atoms with E-state index in [1.807, 2.05) is 24.3 Å². The molecule has 1 aliphatic rings. The van der Waals surface area contributed by atoms with E-state index in [1.54, 1.807) is 36.3 Å². The molecular weight excluding hydrogens is 372 g/mol. The largest absolute Gasteiger partial charge is 0.481 e. The smallest absolute Gasteiger partial charge is 0.321 e. The highest BCUT2D eigenvalue weighted by molar-refractivity contribution is 5.89. The number of likely N-dealkylation sites (tertiary alicyclic amines) is 1. The summed E-state index contributed by atoms with van der Waals surface area (Å²) in [6.45, 7) is 1.58. The van der Waals surface area contributed by atoms with Gasteiger partial charge in [0.05, 0.1) is 12.5 Å². The number of ether oxygens (including phenoxy) is 2. The van der Waals surface area contributed by atoms with Crippen molar-refractivity contribution in [1.29, 1.82) is 0 Å². The van der Waals surface area contributed by atoms with Crippen LogP contribution >= 0.6 is 0 Å². The second-order valence-electron chi connectivity index (χ2n) is 7.04. The Kier molecular flexibility index (Phi) is 7.08. The highest BCUT2D eigenvalue weighted by Crippen LogP contribution is 2.24. The number of carbonyl (C=O) groups excluding carboxylic acids is 1. The van der Waals surface area contributed by atoms with Crippen LogP contribution in [0.3, 0.4) is 0 Å². The van der Waals surface area contributed by atoms with Crippen LogP contribution in [0, 0.1) is 5.92 Å². The zero-order chi connectivity index (χ0) is 20.6. The van der Waals surface area contributed by atoms with Crippen LogP contribution in [0.15, 0.2) is 48.5 Å². The molecule has 0 bridgehead atoms. The average molecular weight is 398 g/mol. The standard InChI is InChI=1S/C22H26N2O5/c1-28-15-12-16-2-6-19(7-3-16)29-20-8-4-18(5-9-20)23-22(27)24-13-10-17(11-14-24)21(25)26/h2-9,17H,10-15H2,1H3,(H,23,27)(H,25,26). The van der Waals surface area contributed by atoms with Gasteiger partial charge in [0.15, 0.2) is 0 Å². The first kappa shape index (κ1) is 20.7. The van der Waals surface area contributed by atoms with Crippen molar-refractivity contribution in [2.75, 3.05) is 32.1 Å². The average Bonchev–Trinajstić information content (AvgIpc) is 2.74. The topological polar surface area (TPSA) is 88.1 Å². The molecule has 154 valence electrons. The van der Waals surface area contributed by atoms with Crippen LogP contribution in [0.1, 0.15) is 18.4 Å². The van der Waals surface area contributed by atoms with Gasteiger partial charge >= 0.3 is 12.0 Å². The van der Waals surface area contributed by atoms with Gasteiger partial charge in [0.1, 0.15) is 11.5 Å². The predicted molar refractivity (Wildman–Crippen MR) is 109 cm³/mol. The first-order valence-electron chi connectivity index (χ1n) is 9.69. The summed E-state index contributed by atoms with van der Waals surface area (Å²) < 4.78 is 10.9. The Morgan fingerprint density at radius 2 is 1.62 bits per heavy atom. The van der Waals surface area contributed by atoms with E-state index in [0.717, 1.165) is 12.2 Å². The van der Waals surface area contributed by atoms with E-state index >= 15 is 0 Å². The van der Waals surface area contributed by atoms with Gasteiger partial charge < -0.3 is 24.8 Å². The molecule has 1 saturated heterocycles. The van der Waals surface area contributed by atoms with Crippen molar-refractivity contribution in [3.63, 3.8) is 0 Å². The quantitative estimate of drug-likeness (QED) is 0.736. The molecule has 2 aromatic rings. The number of hydrogen-bond donors (Lipinski definition) is 2. The maximum atomic E-state index is 12.4. The minimum absolute atomic E-state index is 0.214. The number of piperidine rings is 1. The van der Waals surface area contributed by atoms with Crippen LogP contribution in [0.2, 0.25) is 0 Å². The molecule has 1 fully saturated rings. The number of anilines is 1. The number of urea groups is 1. The summed E-state index contributed by atoms with van der Waals surface area (Å²) in [7, 11) is 1.69. The molecule has 7 heteroatoms. The molecule has 0 atom stereocenters. The van der Waals surface area contributed by atoms with E-state index in [4.69, 9.17) is 14.6 Å². The van der Waals surface area contributed by atoms with E-state index in [9.17, 15) is 9.59 Å². The Morgan fingerprint density at radius 1 is 1.03 bits per heavy atom. The molecule has 0 spiro atoms. The summed E-state index contributed by atoms with van der Waals surface area (Å²) >= 11 is 0. The van der Waals surface area contributed by atoms with Crippen molar-refractivity contribution in [2.45, 2.75) is 19.3 Å². The number of benzene rings is 2. The minimum Gasteiger partial charge on any atom is -0.481 e. The molecule has 3 rings (SSSR count). The number of carbonyl (C=O) groups is 2. The number of aliphatic carboxylic acids is 1. The van der Waals surface area contributed by atoms with Gasteiger partial charge in [-0.05, 0) is 61.2 Å². The van der Waals surface area contributed by atoms with E-state index in [2.05, 4.69) is 5.32 Å². The Morgan fingerprint density at radius 3 is 2.17 bits per heavy atom. The Hall–Kier alpha value is -3.06. The molecule has 7 nitrogen and oxygen atoms in total. The fourth-order valence-corrected chi connectivity index (χ4v) is 3.22. The second kappa shape index (κ2) is 9.93. The lowest BCUT2D eigenvalue weighted by atomic mass is 9.97. The molecule has 0 aliphatic carbocycles. The summed E-state index contributed by atoms with van der Waals surface area (Å²) in [6.07, 6.45) is 1.83. The number of nitrogens with zero attached hydrogens (tertiary/aromatic N) is 1. The Balaban J connectivity index is 1.50. The van der Waals surface area contributed by atoms with E-state index in [-0.39, 0.29) is 11.9 Å². The Bertz CT molecular complexity index is 812. The monoisotopic (exact) mass is 398 g/mol. The highest BCUT2D eigenvalue weighted by atomic mass is 16.5. The third-order valence-electron chi connectivity index (χ3n) is 4.99. The fourth-order valence-electron chi connectivity index (χ4n) is 3.22. The number of carboxylic acids is 1. The third kappa shape index (κ3) is 5.96. The summed E-state index contributed by atoms with van der Waals surface area (Å²) in [5.41, 5.74) is 1.85. The predicted octanol–water partition coefficient (Wildman–Crippen LogP) is 4.00. The van der Waals surface area contributed by atoms with Crippen molar-refractivity contribution in [2.24, 2.45) is 5.92 Å². The lowest BCUT2D eigenvalue weighted by Crippen LogP contribution is -2.42. The zero-order valence-corrected chi connectivity index (χ0v) is 16.5. The molecule has 0 radical (unpaired) electrons. The summed E-state index contributed by atoms with van der Waals surface area (Å²) in [5, 5.41) is 11.9. The van der Waals surface area contributed by atoms with Crippen LogP contribution < -0.4 is 10.1 Å². The van der Waals surface area contributed by atoms with Gasteiger partial charge in [0.25, 0.3) is 0 Å². The van der Waals surface area contributed by atoms with Gasteiger partial charge in [-0.2, -0.15) is 0 Å². The van der Waals surface area contributed by atoms with Crippen LogP contribution in [0.5, 0.6) is 11.5 Å². The fraction of sp³-hybridized carbons (Fsp3) is 0.364. The van der Waals surface area contributed by atoms with Gasteiger partial charge in [-0.3, -0.25) is 4.79 Å². The zero-order valence-electron chi connectivity index (χ0n) is 16.5. The van der Waals surface area contributed by atoms with Crippen LogP contribution in [-0.2, 0) is 16.0 Å². The van der Waals surface area contributed by atoms with E-state index < -0.39 is 5.97 Å². The highest BCUT2D eigenvalue weighted by Gasteiger charge is 2.26.